The minimum atomic E-state index is -0.805. The van der Waals surface area contributed by atoms with Gasteiger partial charge in [-0.05, 0) is 13.0 Å². The molecule has 0 aliphatic heterocycles. The summed E-state index contributed by atoms with van der Waals surface area (Å²) in [6.07, 6.45) is 4.05. The van der Waals surface area contributed by atoms with Crippen molar-refractivity contribution in [3.05, 3.63) is 19.1 Å². The summed E-state index contributed by atoms with van der Waals surface area (Å²) in [5, 5.41) is 0. The van der Waals surface area contributed by atoms with Crippen molar-refractivity contribution in [2.24, 2.45) is 0 Å². The molecule has 0 bridgehead atoms. The van der Waals surface area contributed by atoms with Gasteiger partial charge in [0.05, 0.1) is 0 Å². The summed E-state index contributed by atoms with van der Waals surface area (Å²) < 4.78 is 0. The highest BCUT2D eigenvalue weighted by Gasteiger charge is 2.08. The highest BCUT2D eigenvalue weighted by Crippen LogP contribution is 2.07. The van der Waals surface area contributed by atoms with Gasteiger partial charge in [-0.2, -0.15) is 0 Å². The first kappa shape index (κ1) is 7.96. The number of rotatable bonds is 2. The lowest BCUT2D eigenvalue weighted by Crippen LogP contribution is -2.17. The van der Waals surface area contributed by atoms with Crippen LogP contribution in [0.25, 0.3) is 0 Å². The third-order valence-corrected chi connectivity index (χ3v) is 2.36. The van der Waals surface area contributed by atoms with Crippen LogP contribution in [0.2, 0.25) is 25.7 Å². The van der Waals surface area contributed by atoms with Crippen molar-refractivity contribution >= 4 is 8.07 Å². The van der Waals surface area contributed by atoms with E-state index < -0.39 is 8.07 Å². The quantitative estimate of drug-likeness (QED) is 0.500. The van der Waals surface area contributed by atoms with Crippen LogP contribution >= 0.6 is 0 Å². The average molecular weight is 127 g/mol. The van der Waals surface area contributed by atoms with Gasteiger partial charge in [0.15, 0.2) is 0 Å². The molecule has 0 N–H and O–H groups in total. The van der Waals surface area contributed by atoms with Crippen molar-refractivity contribution in [1.29, 1.82) is 0 Å². The Labute approximate surface area is 53.6 Å². The fourth-order valence-corrected chi connectivity index (χ4v) is 1.31. The van der Waals surface area contributed by atoms with E-state index in [9.17, 15) is 0 Å². The fourth-order valence-electron chi connectivity index (χ4n) is 0.437. The molecule has 0 aliphatic rings. The largest absolute Gasteiger partial charge is 0.0912 e. The molecule has 0 heterocycles. The second kappa shape index (κ2) is 3.08. The van der Waals surface area contributed by atoms with E-state index in [2.05, 4.69) is 32.6 Å². The fraction of sp³-hybridized carbons (Fsp3) is 0.571. The minimum Gasteiger partial charge on any atom is -0.0912 e. The Morgan fingerprint density at radius 2 is 1.88 bits per heavy atom. The molecule has 0 saturated carbocycles. The van der Waals surface area contributed by atoms with E-state index in [1.54, 1.807) is 0 Å². The standard InChI is InChI=1S/C7H15Si/c1-5-6-7-8(2,3)4/h5-6H,1,7H2,2-4H3. The molecule has 0 atom stereocenters. The predicted molar refractivity (Wildman–Crippen MR) is 42.7 cm³/mol. The Morgan fingerprint density at radius 3 is 2.00 bits per heavy atom. The van der Waals surface area contributed by atoms with Gasteiger partial charge in [-0.15, -0.1) is 0 Å². The first-order chi connectivity index (χ1) is 3.56. The average Bonchev–Trinajstić information content (AvgIpc) is 1.59. The number of hydrogen-bond donors (Lipinski definition) is 0. The first-order valence-corrected chi connectivity index (χ1v) is 6.71. The summed E-state index contributed by atoms with van der Waals surface area (Å²) in [6.45, 7) is 10.7. The lowest BCUT2D eigenvalue weighted by Gasteiger charge is -2.10. The van der Waals surface area contributed by atoms with Gasteiger partial charge < -0.3 is 0 Å². The predicted octanol–water partition coefficient (Wildman–Crippen LogP) is 2.71. The molecule has 0 unspecified atom stereocenters. The first-order valence-electron chi connectivity index (χ1n) is 3.00. The molecule has 0 nitrogen and oxygen atoms in total. The van der Waals surface area contributed by atoms with E-state index in [-0.39, 0.29) is 0 Å². The highest BCUT2D eigenvalue weighted by molar-refractivity contribution is 6.76. The lowest BCUT2D eigenvalue weighted by molar-refractivity contribution is 1.51. The smallest absolute Gasteiger partial charge is 0.0480 e. The van der Waals surface area contributed by atoms with Crippen LogP contribution in [0.1, 0.15) is 0 Å². The Kier molecular flexibility index (Phi) is 3.06. The van der Waals surface area contributed by atoms with E-state index in [1.807, 2.05) is 6.08 Å². The SMILES string of the molecule is [CH2]C=CC[Si](C)(C)C. The summed E-state index contributed by atoms with van der Waals surface area (Å²) in [4.78, 5) is 0. The molecule has 0 aliphatic carbocycles. The molecule has 0 aromatic carbocycles. The van der Waals surface area contributed by atoms with Crippen molar-refractivity contribution < 1.29 is 0 Å². The van der Waals surface area contributed by atoms with E-state index in [0.717, 1.165) is 0 Å². The van der Waals surface area contributed by atoms with E-state index in [1.165, 1.54) is 6.04 Å². The third-order valence-electron chi connectivity index (χ3n) is 0.897. The zero-order chi connectivity index (χ0) is 6.62. The van der Waals surface area contributed by atoms with E-state index in [0.29, 0.717) is 0 Å². The summed E-state index contributed by atoms with van der Waals surface area (Å²) in [5.41, 5.74) is 0. The van der Waals surface area contributed by atoms with Gasteiger partial charge in [-0.25, -0.2) is 0 Å². The van der Waals surface area contributed by atoms with Crippen LogP contribution in [0.5, 0.6) is 0 Å². The summed E-state index contributed by atoms with van der Waals surface area (Å²) in [7, 11) is -0.805. The molecule has 0 aromatic rings. The molecule has 0 amide bonds. The normalized spacial score (nSPS) is 13.0. The van der Waals surface area contributed by atoms with Gasteiger partial charge in [0, 0.05) is 8.07 Å². The maximum Gasteiger partial charge on any atom is 0.0480 e. The van der Waals surface area contributed by atoms with Crippen LogP contribution in [0.3, 0.4) is 0 Å². The molecule has 0 aromatic heterocycles. The Hall–Kier alpha value is -0.0431. The molecule has 47 valence electrons. The van der Waals surface area contributed by atoms with Gasteiger partial charge in [0.2, 0.25) is 0 Å². The lowest BCUT2D eigenvalue weighted by atomic mass is 10.6. The summed E-state index contributed by atoms with van der Waals surface area (Å²) in [6, 6.07) is 1.26. The van der Waals surface area contributed by atoms with Crippen LogP contribution < -0.4 is 0 Å². The Morgan fingerprint density at radius 1 is 1.38 bits per heavy atom. The van der Waals surface area contributed by atoms with Crippen LogP contribution in [-0.2, 0) is 0 Å². The number of hydrogen-bond acceptors (Lipinski definition) is 0. The third kappa shape index (κ3) is 5.96. The summed E-state index contributed by atoms with van der Waals surface area (Å²) in [5.74, 6) is 0. The van der Waals surface area contributed by atoms with Crippen LogP contribution in [-0.4, -0.2) is 8.07 Å². The van der Waals surface area contributed by atoms with Gasteiger partial charge in [0.1, 0.15) is 0 Å². The Bertz CT molecular complexity index is 76.9. The highest BCUT2D eigenvalue weighted by atomic mass is 28.3. The zero-order valence-corrected chi connectivity index (χ0v) is 7.07. The molecule has 8 heavy (non-hydrogen) atoms. The van der Waals surface area contributed by atoms with Gasteiger partial charge >= 0.3 is 0 Å². The summed E-state index contributed by atoms with van der Waals surface area (Å²) >= 11 is 0. The van der Waals surface area contributed by atoms with Crippen molar-refractivity contribution in [2.75, 3.05) is 0 Å². The number of allylic oxidation sites excluding steroid dienone is 2. The van der Waals surface area contributed by atoms with Crippen molar-refractivity contribution in [2.45, 2.75) is 25.7 Å². The van der Waals surface area contributed by atoms with Crippen molar-refractivity contribution in [1.82, 2.24) is 0 Å². The molecule has 0 fully saturated rings. The van der Waals surface area contributed by atoms with E-state index >= 15 is 0 Å². The maximum atomic E-state index is 3.63. The van der Waals surface area contributed by atoms with Crippen molar-refractivity contribution in [3.8, 4) is 0 Å². The topological polar surface area (TPSA) is 0 Å². The zero-order valence-electron chi connectivity index (χ0n) is 6.07. The van der Waals surface area contributed by atoms with Gasteiger partial charge in [0.25, 0.3) is 0 Å². The van der Waals surface area contributed by atoms with Crippen LogP contribution in [0.15, 0.2) is 12.2 Å². The van der Waals surface area contributed by atoms with Gasteiger partial charge in [-0.1, -0.05) is 31.8 Å². The second-order valence-corrected chi connectivity index (χ2v) is 8.77. The van der Waals surface area contributed by atoms with Crippen LogP contribution in [0.4, 0.5) is 0 Å². The molecule has 0 spiro atoms. The molecular formula is C7H15Si. The minimum absolute atomic E-state index is 0.805. The monoisotopic (exact) mass is 127 g/mol. The molecule has 1 radical (unpaired) electrons. The molecule has 0 rings (SSSR count). The maximum absolute atomic E-state index is 3.63. The molecule has 0 saturated heterocycles. The second-order valence-electron chi connectivity index (χ2n) is 3.24. The molecule has 1 heteroatoms. The van der Waals surface area contributed by atoms with Crippen molar-refractivity contribution in [3.63, 3.8) is 0 Å². The van der Waals surface area contributed by atoms with Gasteiger partial charge in [-0.3, -0.25) is 0 Å². The van der Waals surface area contributed by atoms with Crippen LogP contribution in [0, 0.1) is 6.92 Å². The van der Waals surface area contributed by atoms with E-state index in [4.69, 9.17) is 0 Å². The molecular weight excluding hydrogens is 112 g/mol. The Balaban J connectivity index is 3.39.